The van der Waals surface area contributed by atoms with Crippen LogP contribution in [0.2, 0.25) is 0 Å². The molecule has 0 aromatic carbocycles. The van der Waals surface area contributed by atoms with Crippen molar-refractivity contribution in [3.05, 3.63) is 24.0 Å². The first-order valence-electron chi connectivity index (χ1n) is 7.39. The highest BCUT2D eigenvalue weighted by Crippen LogP contribution is 2.32. The van der Waals surface area contributed by atoms with E-state index < -0.39 is 0 Å². The summed E-state index contributed by atoms with van der Waals surface area (Å²) in [6.45, 7) is 0.593. The fraction of sp³-hybridized carbons (Fsp3) is 0.667. The van der Waals surface area contributed by atoms with Crippen molar-refractivity contribution in [3.8, 4) is 0 Å². The second-order valence-corrected chi connectivity index (χ2v) is 5.85. The van der Waals surface area contributed by atoms with Crippen molar-refractivity contribution in [2.24, 2.45) is 5.92 Å². The lowest BCUT2D eigenvalue weighted by Gasteiger charge is -2.28. The lowest BCUT2D eigenvalue weighted by Crippen LogP contribution is -2.34. The van der Waals surface area contributed by atoms with E-state index in [1.165, 1.54) is 19.3 Å². The van der Waals surface area contributed by atoms with Crippen LogP contribution < -0.4 is 5.32 Å². The maximum atomic E-state index is 12.2. The molecule has 3 rings (SSSR count). The van der Waals surface area contributed by atoms with Crippen molar-refractivity contribution in [2.45, 2.75) is 50.7 Å². The van der Waals surface area contributed by atoms with Crippen molar-refractivity contribution in [1.29, 1.82) is 0 Å². The predicted octanol–water partition coefficient (Wildman–Crippen LogP) is 2.10. The van der Waals surface area contributed by atoms with E-state index in [1.54, 1.807) is 0 Å². The van der Waals surface area contributed by atoms with Gasteiger partial charge in [0.05, 0.1) is 6.10 Å². The number of carbonyl (C=O) groups excluding carboxylic acids is 1. The number of aliphatic hydroxyl groups excluding tert-OH is 1. The number of nitrogens with one attached hydrogen (secondary N) is 1. The number of aromatic nitrogens is 1. The Hall–Kier alpha value is -1.29. The molecule has 19 heavy (non-hydrogen) atoms. The Bertz CT molecular complexity index is 451. The molecule has 2 aliphatic carbocycles. The minimum absolute atomic E-state index is 0.00370. The van der Waals surface area contributed by atoms with Gasteiger partial charge >= 0.3 is 0 Å². The molecule has 4 heteroatoms. The zero-order chi connectivity index (χ0) is 13.2. The van der Waals surface area contributed by atoms with E-state index in [9.17, 15) is 9.90 Å². The van der Waals surface area contributed by atoms with Crippen molar-refractivity contribution < 1.29 is 9.90 Å². The van der Waals surface area contributed by atoms with E-state index >= 15 is 0 Å². The van der Waals surface area contributed by atoms with Gasteiger partial charge in [-0.3, -0.25) is 4.79 Å². The zero-order valence-electron chi connectivity index (χ0n) is 11.2. The summed E-state index contributed by atoms with van der Waals surface area (Å²) < 4.78 is 2.10. The average Bonchev–Trinajstić information content (AvgIpc) is 2.93. The predicted molar refractivity (Wildman–Crippen MR) is 73.0 cm³/mol. The van der Waals surface area contributed by atoms with Crippen LogP contribution in [0.5, 0.6) is 0 Å². The van der Waals surface area contributed by atoms with Crippen LogP contribution >= 0.6 is 0 Å². The molecule has 2 fully saturated rings. The molecule has 1 heterocycles. The molecule has 1 aromatic rings. The van der Waals surface area contributed by atoms with Gasteiger partial charge in [0.15, 0.2) is 0 Å². The number of nitrogens with zero attached hydrogens (tertiary/aromatic N) is 1. The Balaban J connectivity index is 1.59. The van der Waals surface area contributed by atoms with Crippen LogP contribution in [0.1, 0.15) is 55.1 Å². The number of carbonyl (C=O) groups is 1. The van der Waals surface area contributed by atoms with Crippen LogP contribution in [-0.2, 0) is 0 Å². The van der Waals surface area contributed by atoms with E-state index in [0.717, 1.165) is 25.0 Å². The van der Waals surface area contributed by atoms with Crippen LogP contribution in [0.3, 0.4) is 0 Å². The summed E-state index contributed by atoms with van der Waals surface area (Å²) in [5, 5.41) is 12.7. The normalized spacial score (nSPS) is 27.2. The number of rotatable bonds is 4. The third-order valence-electron chi connectivity index (χ3n) is 4.62. The smallest absolute Gasteiger partial charge is 0.267 e. The second-order valence-electron chi connectivity index (χ2n) is 5.85. The monoisotopic (exact) mass is 262 g/mol. The number of amides is 1. The van der Waals surface area contributed by atoms with E-state index in [0.29, 0.717) is 12.6 Å². The zero-order valence-corrected chi connectivity index (χ0v) is 11.2. The molecule has 0 bridgehead atoms. The van der Waals surface area contributed by atoms with Gasteiger partial charge in [0, 0.05) is 24.7 Å². The maximum absolute atomic E-state index is 12.2. The van der Waals surface area contributed by atoms with Crippen molar-refractivity contribution in [3.63, 3.8) is 0 Å². The summed E-state index contributed by atoms with van der Waals surface area (Å²) in [5.41, 5.74) is 0.761. The van der Waals surface area contributed by atoms with E-state index in [-0.39, 0.29) is 17.9 Å². The second kappa shape index (κ2) is 5.37. The molecule has 0 saturated heterocycles. The summed E-state index contributed by atoms with van der Waals surface area (Å²) in [4.78, 5) is 12.2. The molecule has 1 aromatic heterocycles. The summed E-state index contributed by atoms with van der Waals surface area (Å²) in [6, 6.07) is 4.34. The first-order valence-corrected chi connectivity index (χ1v) is 7.39. The van der Waals surface area contributed by atoms with Gasteiger partial charge in [0.1, 0.15) is 5.69 Å². The first-order chi connectivity index (χ1) is 9.25. The summed E-state index contributed by atoms with van der Waals surface area (Å²) in [7, 11) is 0. The van der Waals surface area contributed by atoms with Gasteiger partial charge in [0.2, 0.25) is 0 Å². The summed E-state index contributed by atoms with van der Waals surface area (Å²) in [6.07, 6.45) is 8.34. The molecule has 0 radical (unpaired) electrons. The van der Waals surface area contributed by atoms with Crippen molar-refractivity contribution >= 4 is 5.91 Å². The molecule has 2 unspecified atom stereocenters. The van der Waals surface area contributed by atoms with E-state index in [2.05, 4.69) is 9.88 Å². The summed E-state index contributed by atoms with van der Waals surface area (Å²) >= 11 is 0. The fourth-order valence-electron chi connectivity index (χ4n) is 3.14. The quantitative estimate of drug-likeness (QED) is 0.873. The lowest BCUT2D eigenvalue weighted by molar-refractivity contribution is 0.0902. The van der Waals surface area contributed by atoms with Crippen LogP contribution in [-0.4, -0.2) is 28.2 Å². The number of hydrogen-bond donors (Lipinski definition) is 2. The molecule has 2 N–H and O–H groups in total. The topological polar surface area (TPSA) is 54.3 Å². The largest absolute Gasteiger partial charge is 0.393 e. The number of aliphatic hydroxyl groups is 1. The highest BCUT2D eigenvalue weighted by Gasteiger charge is 2.27. The Morgan fingerprint density at radius 1 is 1.32 bits per heavy atom. The SMILES string of the molecule is O=C(NCC1CCCC1O)c1cccn1C1CCC1. The molecular formula is C15H22N2O2. The van der Waals surface area contributed by atoms with Gasteiger partial charge < -0.3 is 15.0 Å². The minimum atomic E-state index is -0.237. The molecule has 104 valence electrons. The Kier molecular flexibility index (Phi) is 3.60. The summed E-state index contributed by atoms with van der Waals surface area (Å²) in [5.74, 6) is 0.229. The highest BCUT2D eigenvalue weighted by atomic mass is 16.3. The Morgan fingerprint density at radius 3 is 2.74 bits per heavy atom. The third-order valence-corrected chi connectivity index (χ3v) is 4.62. The molecule has 2 saturated carbocycles. The lowest BCUT2D eigenvalue weighted by atomic mass is 9.93. The standard InChI is InChI=1S/C15H22N2O2/c18-14-8-1-4-11(14)10-16-15(19)13-7-3-9-17(13)12-5-2-6-12/h3,7,9,11-12,14,18H,1-2,4-6,8,10H2,(H,16,19). The van der Waals surface area contributed by atoms with Crippen molar-refractivity contribution in [1.82, 2.24) is 9.88 Å². The van der Waals surface area contributed by atoms with Crippen LogP contribution in [0.25, 0.3) is 0 Å². The van der Waals surface area contributed by atoms with Gasteiger partial charge in [-0.15, -0.1) is 0 Å². The third kappa shape index (κ3) is 2.54. The van der Waals surface area contributed by atoms with E-state index in [1.807, 2.05) is 18.3 Å². The Morgan fingerprint density at radius 2 is 2.11 bits per heavy atom. The molecule has 2 aliphatic rings. The number of hydrogen-bond acceptors (Lipinski definition) is 2. The van der Waals surface area contributed by atoms with Gasteiger partial charge in [-0.2, -0.15) is 0 Å². The van der Waals surface area contributed by atoms with Crippen molar-refractivity contribution in [2.75, 3.05) is 6.54 Å². The molecule has 1 amide bonds. The molecule has 4 nitrogen and oxygen atoms in total. The highest BCUT2D eigenvalue weighted by molar-refractivity contribution is 5.92. The maximum Gasteiger partial charge on any atom is 0.267 e. The van der Waals surface area contributed by atoms with Gasteiger partial charge in [0.25, 0.3) is 5.91 Å². The molecule has 0 aliphatic heterocycles. The minimum Gasteiger partial charge on any atom is -0.393 e. The van der Waals surface area contributed by atoms with Crippen LogP contribution in [0.15, 0.2) is 18.3 Å². The fourth-order valence-corrected chi connectivity index (χ4v) is 3.14. The molecule has 2 atom stereocenters. The average molecular weight is 262 g/mol. The molecule has 0 spiro atoms. The van der Waals surface area contributed by atoms with E-state index in [4.69, 9.17) is 0 Å². The van der Waals surface area contributed by atoms with Gasteiger partial charge in [-0.05, 0) is 44.2 Å². The van der Waals surface area contributed by atoms with Gasteiger partial charge in [-0.25, -0.2) is 0 Å². The van der Waals surface area contributed by atoms with Gasteiger partial charge in [-0.1, -0.05) is 6.42 Å². The Labute approximate surface area is 113 Å². The van der Waals surface area contributed by atoms with Crippen LogP contribution in [0.4, 0.5) is 0 Å². The van der Waals surface area contributed by atoms with Crippen LogP contribution in [0, 0.1) is 5.92 Å². The molecular weight excluding hydrogens is 240 g/mol. The first kappa shape index (κ1) is 12.7.